The second kappa shape index (κ2) is 7.05. The monoisotopic (exact) mass is 387 g/mol. The molecule has 4 rings (SSSR count). The van der Waals surface area contributed by atoms with Crippen molar-refractivity contribution in [3.8, 4) is 0 Å². The van der Waals surface area contributed by atoms with Gasteiger partial charge in [-0.25, -0.2) is 4.98 Å². The summed E-state index contributed by atoms with van der Waals surface area (Å²) in [6.07, 6.45) is 1.36. The van der Waals surface area contributed by atoms with Gasteiger partial charge in [-0.3, -0.25) is 9.59 Å². The second-order valence-electron chi connectivity index (χ2n) is 6.22. The average molecular weight is 387 g/mol. The first-order valence-electron chi connectivity index (χ1n) is 8.34. The molecule has 0 aliphatic carbocycles. The summed E-state index contributed by atoms with van der Waals surface area (Å²) in [5.41, 5.74) is 0.971. The van der Waals surface area contributed by atoms with Crippen LogP contribution in [0, 0.1) is 5.92 Å². The maximum Gasteiger partial charge on any atom is 0.308 e. The minimum Gasteiger partial charge on any atom is -0.481 e. The van der Waals surface area contributed by atoms with Crippen molar-refractivity contribution in [2.45, 2.75) is 12.8 Å². The Hall–Kier alpha value is -2.45. The number of anilines is 2. The van der Waals surface area contributed by atoms with Crippen molar-refractivity contribution in [1.29, 1.82) is 0 Å². The summed E-state index contributed by atoms with van der Waals surface area (Å²) in [6.45, 7) is 0.899. The number of carboxylic acid groups (broad SMARTS) is 1. The van der Waals surface area contributed by atoms with Crippen molar-refractivity contribution in [3.63, 3.8) is 0 Å². The van der Waals surface area contributed by atoms with Gasteiger partial charge in [-0.1, -0.05) is 29.5 Å². The summed E-state index contributed by atoms with van der Waals surface area (Å²) in [5.74, 6) is -1.38. The number of para-hydroxylation sites is 1. The van der Waals surface area contributed by atoms with Crippen molar-refractivity contribution >= 4 is 54.9 Å². The van der Waals surface area contributed by atoms with Crippen LogP contribution in [0.1, 0.15) is 22.5 Å². The van der Waals surface area contributed by atoms with Crippen LogP contribution < -0.4 is 5.32 Å². The zero-order valence-corrected chi connectivity index (χ0v) is 15.5. The molecule has 0 bridgehead atoms. The van der Waals surface area contributed by atoms with E-state index in [2.05, 4.69) is 10.3 Å². The number of nitrogens with zero attached hydrogens (tertiary/aromatic N) is 2. The molecule has 1 aliphatic rings. The van der Waals surface area contributed by atoms with Crippen LogP contribution in [0.2, 0.25) is 0 Å². The highest BCUT2D eigenvalue weighted by molar-refractivity contribution is 7.29. The molecule has 3 aromatic rings. The summed E-state index contributed by atoms with van der Waals surface area (Å²) in [4.78, 5) is 31.6. The summed E-state index contributed by atoms with van der Waals surface area (Å²) in [5, 5.41) is 13.2. The second-order valence-corrected chi connectivity index (χ2v) is 8.28. The molecule has 134 valence electrons. The lowest BCUT2D eigenvalue weighted by molar-refractivity contribution is -0.143. The van der Waals surface area contributed by atoms with Gasteiger partial charge in [0, 0.05) is 18.8 Å². The lowest BCUT2D eigenvalue weighted by Crippen LogP contribution is -2.42. The van der Waals surface area contributed by atoms with E-state index in [9.17, 15) is 14.7 Å². The molecule has 26 heavy (non-hydrogen) atoms. The van der Waals surface area contributed by atoms with Crippen molar-refractivity contribution in [2.75, 3.05) is 18.4 Å². The van der Waals surface area contributed by atoms with Crippen molar-refractivity contribution in [1.82, 2.24) is 9.88 Å². The first kappa shape index (κ1) is 17.0. The number of aromatic nitrogens is 1. The molecule has 0 spiro atoms. The van der Waals surface area contributed by atoms with E-state index in [-0.39, 0.29) is 12.5 Å². The van der Waals surface area contributed by atoms with Crippen LogP contribution >= 0.6 is 22.7 Å². The van der Waals surface area contributed by atoms with E-state index in [1.54, 1.807) is 4.90 Å². The number of nitrogens with one attached hydrogen (secondary N) is 1. The molecule has 0 radical (unpaired) electrons. The van der Waals surface area contributed by atoms with Crippen molar-refractivity contribution in [3.05, 3.63) is 41.3 Å². The zero-order valence-electron chi connectivity index (χ0n) is 13.8. The molecule has 2 N–H and O–H groups in total. The highest BCUT2D eigenvalue weighted by Crippen LogP contribution is 2.35. The fourth-order valence-electron chi connectivity index (χ4n) is 3.06. The Morgan fingerprint density at radius 1 is 1.23 bits per heavy atom. The van der Waals surface area contributed by atoms with Crippen LogP contribution in [0.25, 0.3) is 9.53 Å². The summed E-state index contributed by atoms with van der Waals surface area (Å²) < 4.78 is 0.962. The van der Waals surface area contributed by atoms with Gasteiger partial charge in [0.05, 0.1) is 15.5 Å². The molecular weight excluding hydrogens is 370 g/mol. The number of piperidine rings is 1. The quantitative estimate of drug-likeness (QED) is 0.706. The minimum absolute atomic E-state index is 0.0938. The first-order chi connectivity index (χ1) is 12.6. The number of benzene rings is 1. The molecule has 8 heteroatoms. The lowest BCUT2D eigenvalue weighted by atomic mass is 9.98. The molecular formula is C18H17N3O3S2. The standard InChI is InChI=1S/C18H17N3O3S2/c22-16(21-8-4-5-11(10-21)17(23)24)14-9-13-15(25-14)20-18(26-13)19-12-6-2-1-3-7-12/h1-3,6-7,9,11H,4-5,8,10H2,(H,19,20)(H,23,24). The van der Waals surface area contributed by atoms with E-state index in [4.69, 9.17) is 0 Å². The van der Waals surface area contributed by atoms with Gasteiger partial charge in [-0.05, 0) is 31.0 Å². The van der Waals surface area contributed by atoms with E-state index in [0.29, 0.717) is 17.8 Å². The number of fused-ring (bicyclic) bond motifs is 1. The van der Waals surface area contributed by atoms with Crippen LogP contribution in [0.3, 0.4) is 0 Å². The number of carbonyl (C=O) groups excluding carboxylic acids is 1. The third kappa shape index (κ3) is 3.42. The van der Waals surface area contributed by atoms with Crippen molar-refractivity contribution in [2.24, 2.45) is 5.92 Å². The maximum atomic E-state index is 12.7. The van der Waals surface area contributed by atoms with E-state index < -0.39 is 11.9 Å². The number of carboxylic acids is 1. The topological polar surface area (TPSA) is 82.5 Å². The van der Waals surface area contributed by atoms with Crippen LogP contribution in [0.5, 0.6) is 0 Å². The molecule has 0 saturated carbocycles. The van der Waals surface area contributed by atoms with Gasteiger partial charge in [-0.15, -0.1) is 11.3 Å². The van der Waals surface area contributed by atoms with Crippen LogP contribution in [-0.2, 0) is 4.79 Å². The minimum atomic E-state index is -0.826. The molecule has 1 unspecified atom stereocenters. The number of rotatable bonds is 4. The molecule has 1 atom stereocenters. The van der Waals surface area contributed by atoms with Gasteiger partial charge in [0.25, 0.3) is 5.91 Å². The molecule has 1 amide bonds. The number of thiazole rings is 1. The normalized spacial score (nSPS) is 17.4. The molecule has 6 nitrogen and oxygen atoms in total. The highest BCUT2D eigenvalue weighted by atomic mass is 32.1. The summed E-state index contributed by atoms with van der Waals surface area (Å²) in [7, 11) is 0. The third-order valence-electron chi connectivity index (χ3n) is 4.38. The number of carbonyl (C=O) groups is 2. The maximum absolute atomic E-state index is 12.7. The molecule has 1 aliphatic heterocycles. The van der Waals surface area contributed by atoms with Crippen LogP contribution in [0.4, 0.5) is 10.8 Å². The first-order valence-corrected chi connectivity index (χ1v) is 9.98. The van der Waals surface area contributed by atoms with Crippen molar-refractivity contribution < 1.29 is 14.7 Å². The fourth-order valence-corrected chi connectivity index (χ4v) is 5.16. The number of likely N-dealkylation sites (tertiary alicyclic amines) is 1. The summed E-state index contributed by atoms with van der Waals surface area (Å²) >= 11 is 2.87. The molecule has 1 fully saturated rings. The largest absolute Gasteiger partial charge is 0.481 e. The van der Waals surface area contributed by atoms with E-state index in [1.807, 2.05) is 36.4 Å². The number of amides is 1. The zero-order chi connectivity index (χ0) is 18.1. The Morgan fingerprint density at radius 3 is 2.77 bits per heavy atom. The smallest absolute Gasteiger partial charge is 0.308 e. The Bertz CT molecular complexity index is 920. The number of hydrogen-bond donors (Lipinski definition) is 2. The van der Waals surface area contributed by atoms with E-state index in [1.165, 1.54) is 22.7 Å². The predicted octanol–water partition coefficient (Wildman–Crippen LogP) is 4.04. The van der Waals surface area contributed by atoms with E-state index >= 15 is 0 Å². The van der Waals surface area contributed by atoms with Crippen LogP contribution in [-0.4, -0.2) is 40.0 Å². The Labute approximate surface area is 158 Å². The van der Waals surface area contributed by atoms with Crippen LogP contribution in [0.15, 0.2) is 36.4 Å². The summed E-state index contributed by atoms with van der Waals surface area (Å²) in [6, 6.07) is 11.7. The number of aliphatic carboxylic acids is 1. The Morgan fingerprint density at radius 2 is 2.04 bits per heavy atom. The highest BCUT2D eigenvalue weighted by Gasteiger charge is 2.29. The number of hydrogen-bond acceptors (Lipinski definition) is 6. The molecule has 1 saturated heterocycles. The molecule has 3 heterocycles. The fraction of sp³-hybridized carbons (Fsp3) is 0.278. The molecule has 1 aromatic carbocycles. The molecule has 2 aromatic heterocycles. The van der Waals surface area contributed by atoms with Gasteiger partial charge in [0.15, 0.2) is 5.13 Å². The van der Waals surface area contributed by atoms with Gasteiger partial charge < -0.3 is 15.3 Å². The lowest BCUT2D eigenvalue weighted by Gasteiger charge is -2.30. The van der Waals surface area contributed by atoms with Gasteiger partial charge >= 0.3 is 5.97 Å². The Balaban J connectivity index is 1.50. The van der Waals surface area contributed by atoms with Gasteiger partial charge in [-0.2, -0.15) is 0 Å². The number of thiophene rings is 1. The average Bonchev–Trinajstić information content (AvgIpc) is 3.20. The van der Waals surface area contributed by atoms with Gasteiger partial charge in [0.2, 0.25) is 0 Å². The van der Waals surface area contributed by atoms with Gasteiger partial charge in [0.1, 0.15) is 4.83 Å². The van der Waals surface area contributed by atoms with E-state index in [0.717, 1.165) is 26.8 Å². The SMILES string of the molecule is O=C(O)C1CCCN(C(=O)c2cc3sc(Nc4ccccc4)nc3s2)C1. The third-order valence-corrected chi connectivity index (χ3v) is 6.45. The Kier molecular flexibility index (Phi) is 4.60. The predicted molar refractivity (Wildman–Crippen MR) is 103 cm³/mol.